The second kappa shape index (κ2) is 3.96. The topological polar surface area (TPSA) is 66.6 Å². The molecule has 1 atom stereocenters. The van der Waals surface area contributed by atoms with E-state index in [4.69, 9.17) is 5.73 Å². The zero-order valence-electron chi connectivity index (χ0n) is 8.12. The van der Waals surface area contributed by atoms with Crippen molar-refractivity contribution in [1.82, 2.24) is 4.90 Å². The fraction of sp³-hybridized carbons (Fsp3) is 0.889. The number of nitrogens with zero attached hydrogens (tertiary/aromatic N) is 1. The van der Waals surface area contributed by atoms with Gasteiger partial charge in [0.05, 0.1) is 12.1 Å². The number of hydrogen-bond acceptors (Lipinski definition) is 2. The summed E-state index contributed by atoms with van der Waals surface area (Å²) in [5.74, 6) is 0. The monoisotopic (exact) mass is 186 g/mol. The lowest BCUT2D eigenvalue weighted by Crippen LogP contribution is -2.58. The molecular weight excluding hydrogens is 168 g/mol. The number of aliphatic hydroxyl groups is 1. The first-order valence-corrected chi connectivity index (χ1v) is 4.84. The Morgan fingerprint density at radius 3 is 2.69 bits per heavy atom. The van der Waals surface area contributed by atoms with Crippen LogP contribution in [0, 0.1) is 0 Å². The van der Waals surface area contributed by atoms with E-state index in [1.165, 1.54) is 0 Å². The van der Waals surface area contributed by atoms with E-state index < -0.39 is 6.03 Å². The standard InChI is InChI=1S/C9H18N2O2/c1-2-9(7-12)5-3-4-6-11(9)8(10)13/h12H,2-7H2,1H3,(H2,10,13). The summed E-state index contributed by atoms with van der Waals surface area (Å²) in [5.41, 5.74) is 4.88. The van der Waals surface area contributed by atoms with Crippen molar-refractivity contribution >= 4 is 6.03 Å². The maximum absolute atomic E-state index is 11.1. The Morgan fingerprint density at radius 1 is 1.62 bits per heavy atom. The molecule has 1 rings (SSSR count). The molecule has 1 saturated heterocycles. The third kappa shape index (κ3) is 1.77. The molecule has 3 N–H and O–H groups in total. The van der Waals surface area contributed by atoms with Gasteiger partial charge in [-0.2, -0.15) is 0 Å². The molecule has 0 saturated carbocycles. The van der Waals surface area contributed by atoms with Crippen molar-refractivity contribution in [1.29, 1.82) is 0 Å². The molecule has 1 unspecified atom stereocenters. The van der Waals surface area contributed by atoms with Gasteiger partial charge >= 0.3 is 6.03 Å². The van der Waals surface area contributed by atoms with E-state index in [-0.39, 0.29) is 12.1 Å². The molecule has 4 nitrogen and oxygen atoms in total. The van der Waals surface area contributed by atoms with Crippen molar-refractivity contribution in [3.63, 3.8) is 0 Å². The minimum Gasteiger partial charge on any atom is -0.394 e. The zero-order chi connectivity index (χ0) is 9.90. The second-order valence-corrected chi connectivity index (χ2v) is 3.68. The lowest BCUT2D eigenvalue weighted by molar-refractivity contribution is 0.0266. The van der Waals surface area contributed by atoms with Crippen LogP contribution in [-0.2, 0) is 0 Å². The van der Waals surface area contributed by atoms with Gasteiger partial charge in [-0.3, -0.25) is 0 Å². The molecule has 0 aromatic rings. The fourth-order valence-corrected chi connectivity index (χ4v) is 2.08. The highest BCUT2D eigenvalue weighted by Gasteiger charge is 2.38. The summed E-state index contributed by atoms with van der Waals surface area (Å²) in [6, 6.07) is -0.407. The average Bonchev–Trinajstić information content (AvgIpc) is 2.17. The Labute approximate surface area is 78.7 Å². The molecule has 0 aromatic heterocycles. The fourth-order valence-electron chi connectivity index (χ4n) is 2.08. The normalized spacial score (nSPS) is 28.9. The van der Waals surface area contributed by atoms with Crippen LogP contribution in [0.25, 0.3) is 0 Å². The lowest BCUT2D eigenvalue weighted by atomic mass is 9.85. The number of primary amides is 1. The molecule has 4 heteroatoms. The number of aliphatic hydroxyl groups excluding tert-OH is 1. The second-order valence-electron chi connectivity index (χ2n) is 3.68. The summed E-state index contributed by atoms with van der Waals surface area (Å²) >= 11 is 0. The van der Waals surface area contributed by atoms with Crippen LogP contribution in [0.2, 0.25) is 0 Å². The summed E-state index contributed by atoms with van der Waals surface area (Å²) in [6.45, 7) is 2.69. The van der Waals surface area contributed by atoms with E-state index in [0.717, 1.165) is 25.7 Å². The van der Waals surface area contributed by atoms with Crippen molar-refractivity contribution in [3.05, 3.63) is 0 Å². The highest BCUT2D eigenvalue weighted by Crippen LogP contribution is 2.30. The van der Waals surface area contributed by atoms with Crippen LogP contribution >= 0.6 is 0 Å². The lowest BCUT2D eigenvalue weighted by Gasteiger charge is -2.44. The van der Waals surface area contributed by atoms with Crippen LogP contribution in [0.1, 0.15) is 32.6 Å². The van der Waals surface area contributed by atoms with E-state index in [1.54, 1.807) is 4.90 Å². The molecule has 76 valence electrons. The largest absolute Gasteiger partial charge is 0.394 e. The number of likely N-dealkylation sites (tertiary alicyclic amines) is 1. The Hall–Kier alpha value is -0.770. The van der Waals surface area contributed by atoms with E-state index in [0.29, 0.717) is 6.54 Å². The molecule has 1 aliphatic heterocycles. The first-order chi connectivity index (χ1) is 6.16. The summed E-state index contributed by atoms with van der Waals surface area (Å²) in [4.78, 5) is 12.7. The Balaban J connectivity index is 2.81. The number of rotatable bonds is 2. The first-order valence-electron chi connectivity index (χ1n) is 4.84. The molecule has 0 aliphatic carbocycles. The minimum atomic E-state index is -0.407. The van der Waals surface area contributed by atoms with Crippen molar-refractivity contribution in [2.45, 2.75) is 38.1 Å². The Kier molecular flexibility index (Phi) is 3.14. The van der Waals surface area contributed by atoms with E-state index in [1.807, 2.05) is 6.92 Å². The third-order valence-electron chi connectivity index (χ3n) is 3.06. The highest BCUT2D eigenvalue weighted by molar-refractivity contribution is 5.73. The van der Waals surface area contributed by atoms with Gasteiger partial charge in [-0.1, -0.05) is 6.92 Å². The molecule has 2 amide bonds. The molecule has 1 aliphatic rings. The van der Waals surface area contributed by atoms with Gasteiger partial charge in [0, 0.05) is 6.54 Å². The molecule has 0 aromatic carbocycles. The van der Waals surface area contributed by atoms with Crippen LogP contribution < -0.4 is 5.73 Å². The van der Waals surface area contributed by atoms with Crippen LogP contribution in [0.4, 0.5) is 4.79 Å². The van der Waals surface area contributed by atoms with E-state index in [9.17, 15) is 9.90 Å². The smallest absolute Gasteiger partial charge is 0.315 e. The number of urea groups is 1. The quantitative estimate of drug-likeness (QED) is 0.666. The van der Waals surface area contributed by atoms with Gasteiger partial charge < -0.3 is 15.7 Å². The maximum Gasteiger partial charge on any atom is 0.315 e. The first kappa shape index (κ1) is 10.3. The van der Waals surface area contributed by atoms with Crippen LogP contribution in [0.3, 0.4) is 0 Å². The predicted molar refractivity (Wildman–Crippen MR) is 50.2 cm³/mol. The van der Waals surface area contributed by atoms with Crippen LogP contribution in [0.5, 0.6) is 0 Å². The molecule has 1 fully saturated rings. The van der Waals surface area contributed by atoms with Crippen molar-refractivity contribution in [3.8, 4) is 0 Å². The highest BCUT2D eigenvalue weighted by atomic mass is 16.3. The number of nitrogens with two attached hydrogens (primary N) is 1. The summed E-state index contributed by atoms with van der Waals surface area (Å²) in [7, 11) is 0. The van der Waals surface area contributed by atoms with Gasteiger partial charge in [0.1, 0.15) is 0 Å². The number of piperidine rings is 1. The van der Waals surface area contributed by atoms with Gasteiger partial charge in [0.25, 0.3) is 0 Å². The van der Waals surface area contributed by atoms with E-state index >= 15 is 0 Å². The Bertz CT molecular complexity index is 190. The van der Waals surface area contributed by atoms with Crippen molar-refractivity contribution < 1.29 is 9.90 Å². The van der Waals surface area contributed by atoms with Gasteiger partial charge in [-0.05, 0) is 25.7 Å². The molecule has 0 bridgehead atoms. The van der Waals surface area contributed by atoms with Crippen LogP contribution in [0.15, 0.2) is 0 Å². The average molecular weight is 186 g/mol. The number of carbonyl (C=O) groups excluding carboxylic acids is 1. The predicted octanol–water partition coefficient (Wildman–Crippen LogP) is 0.692. The van der Waals surface area contributed by atoms with Gasteiger partial charge in [-0.25, -0.2) is 4.79 Å². The maximum atomic E-state index is 11.1. The molecule has 1 heterocycles. The summed E-state index contributed by atoms with van der Waals surface area (Å²) in [6.07, 6.45) is 3.69. The number of amides is 2. The molecular formula is C9H18N2O2. The molecule has 0 spiro atoms. The molecule has 0 radical (unpaired) electrons. The van der Waals surface area contributed by atoms with Gasteiger partial charge in [0.15, 0.2) is 0 Å². The molecule has 13 heavy (non-hydrogen) atoms. The van der Waals surface area contributed by atoms with Crippen molar-refractivity contribution in [2.24, 2.45) is 5.73 Å². The van der Waals surface area contributed by atoms with E-state index in [2.05, 4.69) is 0 Å². The minimum absolute atomic E-state index is 0.0203. The third-order valence-corrected chi connectivity index (χ3v) is 3.06. The SMILES string of the molecule is CCC1(CO)CCCCN1C(N)=O. The van der Waals surface area contributed by atoms with Gasteiger partial charge in [-0.15, -0.1) is 0 Å². The number of carbonyl (C=O) groups is 1. The van der Waals surface area contributed by atoms with Gasteiger partial charge in [0.2, 0.25) is 0 Å². The Morgan fingerprint density at radius 2 is 2.31 bits per heavy atom. The summed E-state index contributed by atoms with van der Waals surface area (Å²) < 4.78 is 0. The summed E-state index contributed by atoms with van der Waals surface area (Å²) in [5, 5.41) is 9.31. The van der Waals surface area contributed by atoms with Crippen molar-refractivity contribution in [2.75, 3.05) is 13.2 Å². The van der Waals surface area contributed by atoms with Crippen LogP contribution in [-0.4, -0.2) is 34.7 Å². The zero-order valence-corrected chi connectivity index (χ0v) is 8.12. The number of hydrogen-bond donors (Lipinski definition) is 2.